The van der Waals surface area contributed by atoms with E-state index < -0.39 is 0 Å². The van der Waals surface area contributed by atoms with E-state index in [1.165, 1.54) is 6.42 Å². The number of carbonyl (C=O) groups is 1. The fraction of sp³-hybridized carbons (Fsp3) is 0.429. The van der Waals surface area contributed by atoms with Crippen LogP contribution in [0.15, 0.2) is 42.9 Å². The highest BCUT2D eigenvalue weighted by atomic mass is 16.1. The Morgan fingerprint density at radius 3 is 3.00 bits per heavy atom. The third kappa shape index (κ3) is 4.20. The third-order valence-corrected chi connectivity index (χ3v) is 5.51. The molecule has 7 nitrogen and oxygen atoms in total. The van der Waals surface area contributed by atoms with Crippen molar-refractivity contribution in [2.24, 2.45) is 5.92 Å². The first-order chi connectivity index (χ1) is 13.7. The minimum absolute atomic E-state index is 0.0177. The smallest absolute Gasteiger partial charge is 0.252 e. The average molecular weight is 378 g/mol. The molecular weight excluding hydrogens is 352 g/mol. The largest absolute Gasteiger partial charge is 0.352 e. The molecule has 7 heteroatoms. The van der Waals surface area contributed by atoms with Gasteiger partial charge in [0.1, 0.15) is 12.2 Å². The summed E-state index contributed by atoms with van der Waals surface area (Å²) in [6.45, 7) is 6.69. The summed E-state index contributed by atoms with van der Waals surface area (Å²) in [5.74, 6) is 1.41. The fourth-order valence-electron chi connectivity index (χ4n) is 3.93. The van der Waals surface area contributed by atoms with Crippen LogP contribution in [0.1, 0.15) is 29.0 Å². The molecule has 0 bridgehead atoms. The lowest BCUT2D eigenvalue weighted by Gasteiger charge is -2.32. The van der Waals surface area contributed by atoms with E-state index in [0.717, 1.165) is 49.3 Å². The van der Waals surface area contributed by atoms with Gasteiger partial charge in [0, 0.05) is 37.8 Å². The first kappa shape index (κ1) is 18.6. The van der Waals surface area contributed by atoms with Crippen molar-refractivity contribution < 1.29 is 4.79 Å². The second kappa shape index (κ2) is 8.48. The molecule has 0 radical (unpaired) electrons. The molecule has 1 aliphatic rings. The molecule has 146 valence electrons. The molecule has 0 spiro atoms. The van der Waals surface area contributed by atoms with E-state index in [0.29, 0.717) is 18.0 Å². The number of benzene rings is 1. The molecule has 28 heavy (non-hydrogen) atoms. The summed E-state index contributed by atoms with van der Waals surface area (Å²) in [6, 6.07) is 9.56. The van der Waals surface area contributed by atoms with Gasteiger partial charge in [-0.25, -0.2) is 0 Å². The number of fused-ring (bicyclic) bond motifs is 1. The van der Waals surface area contributed by atoms with Gasteiger partial charge in [0.2, 0.25) is 0 Å². The van der Waals surface area contributed by atoms with Gasteiger partial charge < -0.3 is 14.8 Å². The summed E-state index contributed by atoms with van der Waals surface area (Å²) >= 11 is 0. The average Bonchev–Trinajstić information content (AvgIpc) is 3.15. The van der Waals surface area contributed by atoms with E-state index >= 15 is 0 Å². The zero-order chi connectivity index (χ0) is 19.3. The Bertz CT molecular complexity index is 947. The number of likely N-dealkylation sites (tertiary alicyclic amines) is 1. The maximum Gasteiger partial charge on any atom is 0.252 e. The molecular formula is C21H26N6O. The molecule has 1 atom stereocenters. The van der Waals surface area contributed by atoms with Crippen molar-refractivity contribution in [2.75, 3.05) is 26.2 Å². The van der Waals surface area contributed by atoms with Crippen LogP contribution in [-0.2, 0) is 6.54 Å². The monoisotopic (exact) mass is 378 g/mol. The summed E-state index contributed by atoms with van der Waals surface area (Å²) in [6.07, 6.45) is 5.81. The van der Waals surface area contributed by atoms with Gasteiger partial charge in [0.15, 0.2) is 0 Å². The van der Waals surface area contributed by atoms with Crippen molar-refractivity contribution in [3.8, 4) is 0 Å². The van der Waals surface area contributed by atoms with Crippen molar-refractivity contribution in [1.82, 2.24) is 30.0 Å². The number of nitrogens with one attached hydrogen (secondary N) is 1. The minimum atomic E-state index is -0.0177. The van der Waals surface area contributed by atoms with Crippen LogP contribution < -0.4 is 5.32 Å². The molecule has 1 aliphatic heterocycles. The van der Waals surface area contributed by atoms with E-state index in [2.05, 4.69) is 30.0 Å². The van der Waals surface area contributed by atoms with E-state index in [1.807, 2.05) is 31.2 Å². The number of hydrogen-bond donors (Lipinski definition) is 1. The Labute approximate surface area is 164 Å². The number of para-hydroxylation sites is 1. The Balaban J connectivity index is 1.31. The maximum atomic E-state index is 12.7. The van der Waals surface area contributed by atoms with Crippen molar-refractivity contribution in [2.45, 2.75) is 26.3 Å². The van der Waals surface area contributed by atoms with Crippen LogP contribution in [0, 0.1) is 12.8 Å². The SMILES string of the molecule is Cc1nncn1CCN1CCC[C@H](CNC(=O)c2ccnc3ccccc23)C1. The number of piperidine rings is 1. The molecule has 2 aromatic heterocycles. The summed E-state index contributed by atoms with van der Waals surface area (Å²) in [5.41, 5.74) is 1.55. The molecule has 1 fully saturated rings. The van der Waals surface area contributed by atoms with Crippen LogP contribution in [0.2, 0.25) is 0 Å². The predicted molar refractivity (Wildman–Crippen MR) is 108 cm³/mol. The topological polar surface area (TPSA) is 75.9 Å². The molecule has 0 saturated carbocycles. The molecule has 0 aliphatic carbocycles. The highest BCUT2D eigenvalue weighted by Gasteiger charge is 2.21. The third-order valence-electron chi connectivity index (χ3n) is 5.51. The van der Waals surface area contributed by atoms with E-state index in [1.54, 1.807) is 18.6 Å². The Kier molecular flexibility index (Phi) is 5.62. The zero-order valence-electron chi connectivity index (χ0n) is 16.2. The second-order valence-electron chi connectivity index (χ2n) is 7.47. The Hall–Kier alpha value is -2.80. The van der Waals surface area contributed by atoms with Gasteiger partial charge in [0.25, 0.3) is 5.91 Å². The van der Waals surface area contributed by atoms with Crippen LogP contribution >= 0.6 is 0 Å². The normalized spacial score (nSPS) is 17.7. The van der Waals surface area contributed by atoms with Crippen LogP contribution in [0.5, 0.6) is 0 Å². The number of aromatic nitrogens is 4. The number of nitrogens with zero attached hydrogens (tertiary/aromatic N) is 5. The quantitative estimate of drug-likeness (QED) is 0.712. The first-order valence-corrected chi connectivity index (χ1v) is 9.89. The molecule has 0 unspecified atom stereocenters. The van der Waals surface area contributed by atoms with Crippen molar-refractivity contribution in [3.05, 3.63) is 54.2 Å². The number of aryl methyl sites for hydroxylation is 1. The fourth-order valence-corrected chi connectivity index (χ4v) is 3.93. The second-order valence-corrected chi connectivity index (χ2v) is 7.47. The van der Waals surface area contributed by atoms with E-state index in [4.69, 9.17) is 0 Å². The van der Waals surface area contributed by atoms with Gasteiger partial charge >= 0.3 is 0 Å². The molecule has 3 aromatic rings. The van der Waals surface area contributed by atoms with Crippen LogP contribution in [0.4, 0.5) is 0 Å². The van der Waals surface area contributed by atoms with Crippen LogP contribution in [-0.4, -0.2) is 56.7 Å². The number of hydrogen-bond acceptors (Lipinski definition) is 5. The number of amides is 1. The lowest BCUT2D eigenvalue weighted by Crippen LogP contribution is -2.42. The van der Waals surface area contributed by atoms with Gasteiger partial charge in [0.05, 0.1) is 11.1 Å². The van der Waals surface area contributed by atoms with Gasteiger partial charge in [-0.05, 0) is 44.4 Å². The zero-order valence-corrected chi connectivity index (χ0v) is 16.2. The Morgan fingerprint density at radius 2 is 2.14 bits per heavy atom. The van der Waals surface area contributed by atoms with E-state index in [9.17, 15) is 4.79 Å². The van der Waals surface area contributed by atoms with E-state index in [-0.39, 0.29) is 5.91 Å². The molecule has 3 heterocycles. The summed E-state index contributed by atoms with van der Waals surface area (Å²) < 4.78 is 2.08. The minimum Gasteiger partial charge on any atom is -0.352 e. The van der Waals surface area contributed by atoms with Crippen LogP contribution in [0.3, 0.4) is 0 Å². The number of rotatable bonds is 6. The van der Waals surface area contributed by atoms with Crippen molar-refractivity contribution in [1.29, 1.82) is 0 Å². The molecule has 1 saturated heterocycles. The lowest BCUT2D eigenvalue weighted by atomic mass is 9.97. The maximum absolute atomic E-state index is 12.7. The molecule has 1 amide bonds. The predicted octanol–water partition coefficient (Wildman–Crippen LogP) is 2.28. The molecule has 1 N–H and O–H groups in total. The number of pyridine rings is 1. The summed E-state index contributed by atoms with van der Waals surface area (Å²) in [5, 5.41) is 12.0. The van der Waals surface area contributed by atoms with Crippen LogP contribution in [0.25, 0.3) is 10.9 Å². The summed E-state index contributed by atoms with van der Waals surface area (Å²) in [4.78, 5) is 19.5. The molecule has 4 rings (SSSR count). The lowest BCUT2D eigenvalue weighted by molar-refractivity contribution is 0.0933. The van der Waals surface area contributed by atoms with Gasteiger partial charge in [-0.3, -0.25) is 9.78 Å². The Morgan fingerprint density at radius 1 is 1.25 bits per heavy atom. The van der Waals surface area contributed by atoms with Gasteiger partial charge in [-0.1, -0.05) is 18.2 Å². The highest BCUT2D eigenvalue weighted by Crippen LogP contribution is 2.18. The van der Waals surface area contributed by atoms with Gasteiger partial charge in [-0.2, -0.15) is 0 Å². The van der Waals surface area contributed by atoms with Crippen molar-refractivity contribution >= 4 is 16.8 Å². The van der Waals surface area contributed by atoms with Crippen molar-refractivity contribution in [3.63, 3.8) is 0 Å². The summed E-state index contributed by atoms with van der Waals surface area (Å²) in [7, 11) is 0. The number of carbonyl (C=O) groups excluding carboxylic acids is 1. The molecule has 1 aromatic carbocycles. The first-order valence-electron chi connectivity index (χ1n) is 9.89. The highest BCUT2D eigenvalue weighted by molar-refractivity contribution is 6.05. The van der Waals surface area contributed by atoms with Gasteiger partial charge in [-0.15, -0.1) is 10.2 Å². The standard InChI is InChI=1S/C21H26N6O/c1-16-25-24-15-27(16)12-11-26-10-4-5-17(14-26)13-23-21(28)19-8-9-22-20-7-3-2-6-18(19)20/h2-3,6-9,15,17H,4-5,10-14H2,1H3,(H,23,28)/t17-/m1/s1.